The predicted molar refractivity (Wildman–Crippen MR) is 74.8 cm³/mol. The van der Waals surface area contributed by atoms with Crippen LogP contribution in [0.15, 0.2) is 18.3 Å². The zero-order valence-electron chi connectivity index (χ0n) is 11.5. The van der Waals surface area contributed by atoms with Crippen LogP contribution in [-0.4, -0.2) is 24.0 Å². The quantitative estimate of drug-likeness (QED) is 0.781. The lowest BCUT2D eigenvalue weighted by Crippen LogP contribution is -2.28. The van der Waals surface area contributed by atoms with Gasteiger partial charge < -0.3 is 10.6 Å². The van der Waals surface area contributed by atoms with Gasteiger partial charge in [-0.25, -0.2) is 4.98 Å². The predicted octanol–water partition coefficient (Wildman–Crippen LogP) is 2.68. The Morgan fingerprint density at radius 3 is 2.72 bits per heavy atom. The fourth-order valence-electron chi connectivity index (χ4n) is 1.40. The average Bonchev–Trinajstić information content (AvgIpc) is 2.42. The highest BCUT2D eigenvalue weighted by atomic mass is 16.1. The minimum atomic E-state index is -0.0997. The van der Waals surface area contributed by atoms with Crippen molar-refractivity contribution >= 4 is 11.6 Å². The Kier molecular flexibility index (Phi) is 6.19. The summed E-state index contributed by atoms with van der Waals surface area (Å²) >= 11 is 0. The number of anilines is 1. The maximum atomic E-state index is 11.8. The number of carbonyl (C=O) groups is 1. The largest absolute Gasteiger partial charge is 0.384 e. The fraction of sp³-hybridized carbons (Fsp3) is 0.571. The molecule has 0 saturated carbocycles. The number of carbonyl (C=O) groups excluding carboxylic acids is 1. The maximum Gasteiger partial charge on any atom is 0.269 e. The number of rotatable bonds is 7. The molecular formula is C14H23N3O. The minimum Gasteiger partial charge on any atom is -0.384 e. The van der Waals surface area contributed by atoms with Crippen molar-refractivity contribution in [3.05, 3.63) is 24.0 Å². The monoisotopic (exact) mass is 249 g/mol. The van der Waals surface area contributed by atoms with Crippen LogP contribution in [0.5, 0.6) is 0 Å². The summed E-state index contributed by atoms with van der Waals surface area (Å²) in [5.41, 5.74) is 1.43. The smallest absolute Gasteiger partial charge is 0.269 e. The first-order valence-corrected chi connectivity index (χ1v) is 6.65. The maximum absolute atomic E-state index is 11.8. The molecule has 0 saturated heterocycles. The van der Waals surface area contributed by atoms with E-state index in [-0.39, 0.29) is 5.91 Å². The molecule has 0 radical (unpaired) electrons. The van der Waals surface area contributed by atoms with Crippen LogP contribution in [0.4, 0.5) is 5.69 Å². The molecule has 0 spiro atoms. The molecule has 4 heteroatoms. The van der Waals surface area contributed by atoms with Gasteiger partial charge in [-0.15, -0.1) is 0 Å². The summed E-state index contributed by atoms with van der Waals surface area (Å²) in [5.74, 6) is 0.400. The van der Waals surface area contributed by atoms with Crippen LogP contribution in [0.2, 0.25) is 0 Å². The van der Waals surface area contributed by atoms with E-state index in [0.717, 1.165) is 25.1 Å². The second kappa shape index (κ2) is 7.69. The van der Waals surface area contributed by atoms with Crippen LogP contribution in [0, 0.1) is 5.92 Å². The van der Waals surface area contributed by atoms with E-state index in [2.05, 4.69) is 36.4 Å². The molecule has 1 unspecified atom stereocenters. The van der Waals surface area contributed by atoms with Crippen molar-refractivity contribution in [3.8, 4) is 0 Å². The lowest BCUT2D eigenvalue weighted by Gasteiger charge is -2.10. The molecule has 1 aromatic heterocycles. The van der Waals surface area contributed by atoms with E-state index < -0.39 is 0 Å². The van der Waals surface area contributed by atoms with E-state index in [1.165, 1.54) is 0 Å². The van der Waals surface area contributed by atoms with Crippen LogP contribution in [-0.2, 0) is 0 Å². The van der Waals surface area contributed by atoms with Gasteiger partial charge in [0.2, 0.25) is 0 Å². The zero-order chi connectivity index (χ0) is 13.4. The fourth-order valence-corrected chi connectivity index (χ4v) is 1.40. The second-order valence-corrected chi connectivity index (χ2v) is 4.58. The molecule has 18 heavy (non-hydrogen) atoms. The molecule has 100 valence electrons. The number of amides is 1. The minimum absolute atomic E-state index is 0.0997. The highest BCUT2D eigenvalue weighted by Crippen LogP contribution is 2.06. The van der Waals surface area contributed by atoms with E-state index >= 15 is 0 Å². The molecule has 0 aromatic carbocycles. The van der Waals surface area contributed by atoms with E-state index in [0.29, 0.717) is 18.2 Å². The van der Waals surface area contributed by atoms with Gasteiger partial charge in [0.15, 0.2) is 0 Å². The number of nitrogens with one attached hydrogen (secondary N) is 2. The van der Waals surface area contributed by atoms with E-state index in [9.17, 15) is 4.79 Å². The Labute approximate surface area is 109 Å². The molecule has 0 aliphatic rings. The molecular weight excluding hydrogens is 226 g/mol. The highest BCUT2D eigenvalue weighted by Gasteiger charge is 2.07. The van der Waals surface area contributed by atoms with Crippen molar-refractivity contribution in [3.63, 3.8) is 0 Å². The molecule has 1 amide bonds. The van der Waals surface area contributed by atoms with Crippen molar-refractivity contribution < 1.29 is 4.79 Å². The van der Waals surface area contributed by atoms with Crippen LogP contribution in [0.3, 0.4) is 0 Å². The van der Waals surface area contributed by atoms with E-state index in [4.69, 9.17) is 0 Å². The third kappa shape index (κ3) is 4.73. The van der Waals surface area contributed by atoms with Crippen LogP contribution in [0.25, 0.3) is 0 Å². The van der Waals surface area contributed by atoms with Crippen LogP contribution < -0.4 is 10.6 Å². The van der Waals surface area contributed by atoms with Crippen molar-refractivity contribution in [2.75, 3.05) is 18.4 Å². The molecule has 1 atom stereocenters. The number of hydrogen-bond acceptors (Lipinski definition) is 3. The van der Waals surface area contributed by atoms with Crippen molar-refractivity contribution in [2.24, 2.45) is 5.92 Å². The van der Waals surface area contributed by atoms with Gasteiger partial charge in [-0.3, -0.25) is 4.79 Å². The highest BCUT2D eigenvalue weighted by molar-refractivity contribution is 5.92. The molecule has 0 aliphatic carbocycles. The zero-order valence-corrected chi connectivity index (χ0v) is 11.5. The summed E-state index contributed by atoms with van der Waals surface area (Å²) in [7, 11) is 0. The molecule has 1 aromatic rings. The Morgan fingerprint density at radius 1 is 1.39 bits per heavy atom. The Morgan fingerprint density at radius 2 is 2.17 bits per heavy atom. The average molecular weight is 249 g/mol. The van der Waals surface area contributed by atoms with E-state index in [1.54, 1.807) is 12.3 Å². The molecule has 2 N–H and O–H groups in total. The van der Waals surface area contributed by atoms with Crippen molar-refractivity contribution in [2.45, 2.75) is 33.6 Å². The van der Waals surface area contributed by atoms with Gasteiger partial charge in [0.05, 0.1) is 11.9 Å². The first kappa shape index (κ1) is 14.5. The summed E-state index contributed by atoms with van der Waals surface area (Å²) in [5, 5.41) is 6.12. The Balaban J connectivity index is 2.48. The topological polar surface area (TPSA) is 54.0 Å². The summed E-state index contributed by atoms with van der Waals surface area (Å²) in [6.07, 6.45) is 3.83. The molecule has 0 aliphatic heterocycles. The van der Waals surface area contributed by atoms with Gasteiger partial charge in [0, 0.05) is 13.1 Å². The number of hydrogen-bond donors (Lipinski definition) is 2. The Hall–Kier alpha value is -1.58. The standard InChI is InChI=1S/C14H23N3O/c1-4-8-15-12-6-7-13(16-10-12)14(18)17-9-11(3)5-2/h6-7,10-11,15H,4-5,8-9H2,1-3H3,(H,17,18). The number of nitrogens with zero attached hydrogens (tertiary/aromatic N) is 1. The molecule has 1 heterocycles. The number of pyridine rings is 1. The summed E-state index contributed by atoms with van der Waals surface area (Å²) in [4.78, 5) is 16.0. The molecule has 1 rings (SSSR count). The first-order valence-electron chi connectivity index (χ1n) is 6.65. The normalized spacial score (nSPS) is 11.9. The summed E-state index contributed by atoms with van der Waals surface area (Å²) in [6.45, 7) is 7.96. The first-order chi connectivity index (χ1) is 8.67. The summed E-state index contributed by atoms with van der Waals surface area (Å²) in [6, 6.07) is 3.64. The van der Waals surface area contributed by atoms with Crippen molar-refractivity contribution in [1.29, 1.82) is 0 Å². The van der Waals surface area contributed by atoms with E-state index in [1.807, 2.05) is 6.07 Å². The lowest BCUT2D eigenvalue weighted by atomic mass is 10.1. The third-order valence-corrected chi connectivity index (χ3v) is 2.88. The Bertz CT molecular complexity index is 362. The van der Waals surface area contributed by atoms with Gasteiger partial charge in [0.1, 0.15) is 5.69 Å². The lowest BCUT2D eigenvalue weighted by molar-refractivity contribution is 0.0943. The molecule has 4 nitrogen and oxygen atoms in total. The van der Waals surface area contributed by atoms with Gasteiger partial charge in [-0.05, 0) is 24.5 Å². The van der Waals surface area contributed by atoms with Gasteiger partial charge in [0.25, 0.3) is 5.91 Å². The summed E-state index contributed by atoms with van der Waals surface area (Å²) < 4.78 is 0. The SMILES string of the molecule is CCCNc1ccc(C(=O)NCC(C)CC)nc1. The van der Waals surface area contributed by atoms with Gasteiger partial charge in [-0.2, -0.15) is 0 Å². The van der Waals surface area contributed by atoms with Gasteiger partial charge in [-0.1, -0.05) is 27.2 Å². The second-order valence-electron chi connectivity index (χ2n) is 4.58. The van der Waals surface area contributed by atoms with Crippen LogP contribution in [0.1, 0.15) is 44.1 Å². The van der Waals surface area contributed by atoms with Crippen LogP contribution >= 0.6 is 0 Å². The molecule has 0 fully saturated rings. The van der Waals surface area contributed by atoms with Crippen molar-refractivity contribution in [1.82, 2.24) is 10.3 Å². The van der Waals surface area contributed by atoms with Gasteiger partial charge >= 0.3 is 0 Å². The number of aromatic nitrogens is 1. The third-order valence-electron chi connectivity index (χ3n) is 2.88. The molecule has 0 bridgehead atoms.